The van der Waals surface area contributed by atoms with E-state index in [-0.39, 0.29) is 29.1 Å². The molecule has 0 spiro atoms. The Balaban J connectivity index is 2.11. The lowest BCUT2D eigenvalue weighted by Gasteiger charge is -2.42. The Morgan fingerprint density at radius 3 is 2.53 bits per heavy atom. The number of hydrogen-bond donors (Lipinski definition) is 0. The van der Waals surface area contributed by atoms with Gasteiger partial charge in [-0.25, -0.2) is 0 Å². The number of ether oxygens (including phenoxy) is 1. The molecule has 1 heterocycles. The predicted octanol–water partition coefficient (Wildman–Crippen LogP) is 3.51. The van der Waals surface area contributed by atoms with Crippen LogP contribution in [0, 0.1) is 11.8 Å². The second kappa shape index (κ2) is 4.74. The monoisotopic (exact) mass is 282 g/mol. The summed E-state index contributed by atoms with van der Waals surface area (Å²) in [6.45, 7) is 13.5. The van der Waals surface area contributed by atoms with Crippen LogP contribution >= 0.6 is 0 Å². The van der Waals surface area contributed by atoms with E-state index in [1.807, 2.05) is 6.08 Å². The predicted molar refractivity (Wildman–Crippen MR) is 78.4 cm³/mol. The first-order valence-corrected chi connectivity index (χ1v) is 10.1. The quantitative estimate of drug-likeness (QED) is 0.442. The Labute approximate surface area is 117 Å². The van der Waals surface area contributed by atoms with Crippen LogP contribution in [0.15, 0.2) is 12.2 Å². The maximum Gasteiger partial charge on any atom is 0.306 e. The highest BCUT2D eigenvalue weighted by molar-refractivity contribution is 6.74. The van der Waals surface area contributed by atoms with Gasteiger partial charge in [0, 0.05) is 5.92 Å². The van der Waals surface area contributed by atoms with E-state index in [1.165, 1.54) is 0 Å². The van der Waals surface area contributed by atoms with Crippen LogP contribution < -0.4 is 0 Å². The maximum absolute atomic E-state index is 11.4. The van der Waals surface area contributed by atoms with Crippen molar-refractivity contribution in [2.24, 2.45) is 11.8 Å². The van der Waals surface area contributed by atoms with Crippen LogP contribution in [0.5, 0.6) is 0 Å². The highest BCUT2D eigenvalue weighted by Gasteiger charge is 2.45. The van der Waals surface area contributed by atoms with Gasteiger partial charge in [-0.15, -0.1) is 0 Å². The maximum atomic E-state index is 11.4. The van der Waals surface area contributed by atoms with Gasteiger partial charge < -0.3 is 9.16 Å². The Hall–Kier alpha value is -0.613. The van der Waals surface area contributed by atoms with Gasteiger partial charge in [-0.05, 0) is 30.1 Å². The second-order valence-electron chi connectivity index (χ2n) is 7.41. The van der Waals surface area contributed by atoms with E-state index in [2.05, 4.69) is 46.9 Å². The van der Waals surface area contributed by atoms with Gasteiger partial charge >= 0.3 is 5.97 Å². The largest absolute Gasteiger partial charge is 0.458 e. The first kappa shape index (κ1) is 14.8. The lowest BCUT2D eigenvalue weighted by molar-refractivity contribution is -0.140. The van der Waals surface area contributed by atoms with E-state index >= 15 is 0 Å². The fourth-order valence-corrected chi connectivity index (χ4v) is 3.89. The molecule has 0 aromatic rings. The van der Waals surface area contributed by atoms with Gasteiger partial charge in [0.2, 0.25) is 0 Å². The Bertz CT molecular complexity index is 395. The summed E-state index contributed by atoms with van der Waals surface area (Å²) >= 11 is 0. The zero-order chi connectivity index (χ0) is 14.4. The number of carbonyl (C=O) groups is 1. The summed E-state index contributed by atoms with van der Waals surface area (Å²) in [5.74, 6) is 0.558. The molecule has 108 valence electrons. The van der Waals surface area contributed by atoms with Gasteiger partial charge in [0.25, 0.3) is 0 Å². The number of carbonyl (C=O) groups excluding carboxylic acids is 1. The van der Waals surface area contributed by atoms with Crippen LogP contribution in [-0.2, 0) is 14.0 Å². The molecule has 1 fully saturated rings. The van der Waals surface area contributed by atoms with Crippen LogP contribution in [0.1, 0.15) is 34.1 Å². The van der Waals surface area contributed by atoms with Crippen LogP contribution in [0.2, 0.25) is 18.1 Å². The number of rotatable bonds is 2. The third-order valence-corrected chi connectivity index (χ3v) is 9.49. The van der Waals surface area contributed by atoms with Crippen molar-refractivity contribution in [1.29, 1.82) is 0 Å². The van der Waals surface area contributed by atoms with E-state index < -0.39 is 8.32 Å². The normalized spacial score (nSPS) is 35.2. The van der Waals surface area contributed by atoms with Gasteiger partial charge in [-0.2, -0.15) is 0 Å². The van der Waals surface area contributed by atoms with Gasteiger partial charge in [0.05, 0.1) is 12.5 Å². The zero-order valence-electron chi connectivity index (χ0n) is 12.9. The van der Waals surface area contributed by atoms with E-state index in [0.29, 0.717) is 12.3 Å². The molecular weight excluding hydrogens is 256 g/mol. The van der Waals surface area contributed by atoms with Crippen molar-refractivity contribution in [1.82, 2.24) is 0 Å². The van der Waals surface area contributed by atoms with E-state index in [9.17, 15) is 4.79 Å². The molecule has 0 radical (unpaired) electrons. The third kappa shape index (κ3) is 2.79. The molecule has 2 aliphatic rings. The molecule has 0 N–H and O–H groups in total. The molecule has 0 bridgehead atoms. The zero-order valence-corrected chi connectivity index (χ0v) is 13.9. The van der Waals surface area contributed by atoms with Crippen molar-refractivity contribution in [3.63, 3.8) is 0 Å². The average molecular weight is 282 g/mol. The molecule has 19 heavy (non-hydrogen) atoms. The van der Waals surface area contributed by atoms with Crippen molar-refractivity contribution < 1.29 is 14.0 Å². The molecule has 1 aliphatic carbocycles. The van der Waals surface area contributed by atoms with Crippen molar-refractivity contribution >= 4 is 14.3 Å². The number of fused-ring (bicyclic) bond motifs is 1. The second-order valence-corrected chi connectivity index (χ2v) is 12.2. The smallest absolute Gasteiger partial charge is 0.306 e. The van der Waals surface area contributed by atoms with Crippen molar-refractivity contribution in [3.05, 3.63) is 12.2 Å². The van der Waals surface area contributed by atoms with E-state index in [0.717, 1.165) is 0 Å². The highest BCUT2D eigenvalue weighted by Crippen LogP contribution is 2.42. The minimum atomic E-state index is -1.77. The minimum absolute atomic E-state index is 0.0261. The average Bonchev–Trinajstić information content (AvgIpc) is 2.62. The fraction of sp³-hybridized carbons (Fsp3) is 0.800. The first-order chi connectivity index (χ1) is 8.62. The molecule has 2 rings (SSSR count). The summed E-state index contributed by atoms with van der Waals surface area (Å²) < 4.78 is 11.8. The van der Waals surface area contributed by atoms with Gasteiger partial charge in [-0.3, -0.25) is 4.79 Å². The van der Waals surface area contributed by atoms with Crippen molar-refractivity contribution in [3.8, 4) is 0 Å². The van der Waals surface area contributed by atoms with Crippen LogP contribution in [0.4, 0.5) is 0 Å². The van der Waals surface area contributed by atoms with Crippen LogP contribution in [0.3, 0.4) is 0 Å². The molecule has 1 aliphatic heterocycles. The molecule has 1 saturated heterocycles. The molecule has 0 amide bonds. The Kier molecular flexibility index (Phi) is 3.69. The van der Waals surface area contributed by atoms with Crippen molar-refractivity contribution in [2.75, 3.05) is 0 Å². The molecule has 4 heteroatoms. The number of hydrogen-bond acceptors (Lipinski definition) is 3. The van der Waals surface area contributed by atoms with E-state index in [4.69, 9.17) is 9.16 Å². The summed E-state index contributed by atoms with van der Waals surface area (Å²) in [7, 11) is -1.77. The molecule has 4 atom stereocenters. The summed E-state index contributed by atoms with van der Waals surface area (Å²) in [6, 6.07) is 0. The van der Waals surface area contributed by atoms with Crippen LogP contribution in [0.25, 0.3) is 0 Å². The molecular formula is C15H26O3Si. The summed E-state index contributed by atoms with van der Waals surface area (Å²) in [5.41, 5.74) is 0. The van der Waals surface area contributed by atoms with Gasteiger partial charge in [0.15, 0.2) is 8.32 Å². The molecule has 3 nitrogen and oxygen atoms in total. The SMILES string of the molecule is C[C@H]1[C@@H]2CC(=O)O[C@@H]2C=C[C@@H]1O[Si](C)(C)C(C)(C)C. The minimum Gasteiger partial charge on any atom is -0.458 e. The highest BCUT2D eigenvalue weighted by atomic mass is 28.4. The molecule has 0 aromatic carbocycles. The summed E-state index contributed by atoms with van der Waals surface area (Å²) in [5, 5.41) is 0.208. The van der Waals surface area contributed by atoms with Gasteiger partial charge in [-0.1, -0.05) is 33.8 Å². The lowest BCUT2D eigenvalue weighted by Crippen LogP contribution is -2.47. The van der Waals surface area contributed by atoms with E-state index in [1.54, 1.807) is 0 Å². The summed E-state index contributed by atoms with van der Waals surface area (Å²) in [6.07, 6.45) is 4.75. The third-order valence-electron chi connectivity index (χ3n) is 5.01. The topological polar surface area (TPSA) is 35.5 Å². The molecule has 0 unspecified atom stereocenters. The van der Waals surface area contributed by atoms with Crippen molar-refractivity contribution in [2.45, 2.75) is 64.5 Å². The first-order valence-electron chi connectivity index (χ1n) is 7.17. The van der Waals surface area contributed by atoms with Crippen LogP contribution in [-0.4, -0.2) is 26.5 Å². The van der Waals surface area contributed by atoms with Gasteiger partial charge in [0.1, 0.15) is 6.10 Å². The fourth-order valence-electron chi connectivity index (χ4n) is 2.56. The Morgan fingerprint density at radius 1 is 1.32 bits per heavy atom. The Morgan fingerprint density at radius 2 is 1.95 bits per heavy atom. The standard InChI is InChI=1S/C15H26O3Si/c1-10-11-9-14(16)17-13(11)8-7-12(10)18-19(5,6)15(2,3)4/h7-8,10-13H,9H2,1-6H3/t10-,11-,12-,13+/m0/s1. The number of esters is 1. The molecule has 0 saturated carbocycles. The molecule has 0 aromatic heterocycles. The lowest BCUT2D eigenvalue weighted by atomic mass is 9.80. The summed E-state index contributed by atoms with van der Waals surface area (Å²) in [4.78, 5) is 11.4.